The van der Waals surface area contributed by atoms with Crippen LogP contribution in [0.2, 0.25) is 10.0 Å². The summed E-state index contributed by atoms with van der Waals surface area (Å²) in [7, 11) is 0. The summed E-state index contributed by atoms with van der Waals surface area (Å²) in [6, 6.07) is 2.89. The van der Waals surface area contributed by atoms with E-state index < -0.39 is 5.82 Å². The van der Waals surface area contributed by atoms with Gasteiger partial charge >= 0.3 is 0 Å². The van der Waals surface area contributed by atoms with Crippen molar-refractivity contribution in [2.75, 3.05) is 0 Å². The van der Waals surface area contributed by atoms with Crippen LogP contribution in [0.25, 0.3) is 0 Å². The Morgan fingerprint density at radius 1 is 1.12 bits per heavy atom. The zero-order valence-electron chi connectivity index (χ0n) is 9.40. The van der Waals surface area contributed by atoms with E-state index in [2.05, 4.69) is 29.8 Å². The molecule has 0 heterocycles. The molecule has 4 heteroatoms. The highest BCUT2D eigenvalue weighted by molar-refractivity contribution is 9.09. The van der Waals surface area contributed by atoms with E-state index in [1.165, 1.54) is 12.1 Å². The zero-order valence-corrected chi connectivity index (χ0v) is 12.5. The van der Waals surface area contributed by atoms with Gasteiger partial charge in [0.25, 0.3) is 0 Å². The van der Waals surface area contributed by atoms with Gasteiger partial charge in [0.15, 0.2) is 0 Å². The summed E-state index contributed by atoms with van der Waals surface area (Å²) in [5.74, 6) is 0.167. The van der Waals surface area contributed by atoms with E-state index in [0.717, 1.165) is 5.56 Å². The maximum atomic E-state index is 13.4. The predicted octanol–water partition coefficient (Wildman–Crippen LogP) is 5.66. The van der Waals surface area contributed by atoms with Gasteiger partial charge in [-0.25, -0.2) is 4.39 Å². The van der Waals surface area contributed by atoms with E-state index in [4.69, 9.17) is 23.2 Å². The molecule has 90 valence electrons. The number of alkyl halides is 1. The van der Waals surface area contributed by atoms with Crippen molar-refractivity contribution >= 4 is 39.1 Å². The minimum Gasteiger partial charge on any atom is -0.205 e. The monoisotopic (exact) mass is 326 g/mol. The molecule has 0 spiro atoms. The molecule has 0 nitrogen and oxygen atoms in total. The summed E-state index contributed by atoms with van der Waals surface area (Å²) >= 11 is 15.3. The first kappa shape index (κ1) is 14.3. The summed E-state index contributed by atoms with van der Waals surface area (Å²) in [6.07, 6.45) is 0. The lowest BCUT2D eigenvalue weighted by molar-refractivity contribution is 0.546. The third-order valence-corrected chi connectivity index (χ3v) is 5.11. The Labute approximate surface area is 114 Å². The average molecular weight is 328 g/mol. The fourth-order valence-corrected chi connectivity index (χ4v) is 2.48. The second-order valence-electron chi connectivity index (χ2n) is 4.26. The molecule has 0 aromatic heterocycles. The van der Waals surface area contributed by atoms with Crippen molar-refractivity contribution < 1.29 is 4.39 Å². The van der Waals surface area contributed by atoms with Gasteiger partial charge in [-0.05, 0) is 29.5 Å². The first-order chi connectivity index (χ1) is 7.34. The lowest BCUT2D eigenvalue weighted by Crippen LogP contribution is -2.16. The fourth-order valence-electron chi connectivity index (χ4n) is 1.64. The molecule has 1 rings (SSSR count). The van der Waals surface area contributed by atoms with E-state index in [9.17, 15) is 4.39 Å². The van der Waals surface area contributed by atoms with E-state index in [-0.39, 0.29) is 15.8 Å². The molecule has 16 heavy (non-hydrogen) atoms. The highest BCUT2D eigenvalue weighted by Gasteiger charge is 2.22. The van der Waals surface area contributed by atoms with Crippen molar-refractivity contribution in [2.24, 2.45) is 5.92 Å². The fraction of sp³-hybridized carbons (Fsp3) is 0.500. The van der Waals surface area contributed by atoms with Crippen LogP contribution in [0.15, 0.2) is 12.1 Å². The first-order valence-corrected chi connectivity index (χ1v) is 6.80. The van der Waals surface area contributed by atoms with Crippen LogP contribution in [0.4, 0.5) is 4.39 Å². The molecule has 2 atom stereocenters. The molecule has 1 aromatic carbocycles. The summed E-state index contributed by atoms with van der Waals surface area (Å²) in [4.78, 5) is 0.255. The molecule has 0 bridgehead atoms. The van der Waals surface area contributed by atoms with Crippen molar-refractivity contribution in [3.8, 4) is 0 Å². The van der Waals surface area contributed by atoms with Gasteiger partial charge in [-0.3, -0.25) is 0 Å². The van der Waals surface area contributed by atoms with E-state index in [0.29, 0.717) is 10.9 Å². The smallest absolute Gasteiger partial charge is 0.142 e. The molecule has 1 aromatic rings. The largest absolute Gasteiger partial charge is 0.205 e. The lowest BCUT2D eigenvalue weighted by Gasteiger charge is -2.23. The van der Waals surface area contributed by atoms with Crippen LogP contribution >= 0.6 is 39.1 Å². The van der Waals surface area contributed by atoms with Crippen LogP contribution in [0.5, 0.6) is 0 Å². The molecule has 0 radical (unpaired) electrons. The van der Waals surface area contributed by atoms with Crippen molar-refractivity contribution in [3.63, 3.8) is 0 Å². The molecule has 0 aliphatic carbocycles. The van der Waals surface area contributed by atoms with Crippen LogP contribution in [0.3, 0.4) is 0 Å². The van der Waals surface area contributed by atoms with E-state index >= 15 is 0 Å². The lowest BCUT2D eigenvalue weighted by atomic mass is 9.92. The molecular formula is C12H14BrCl2F. The minimum absolute atomic E-state index is 0.0663. The Morgan fingerprint density at radius 3 is 2.19 bits per heavy atom. The second-order valence-corrected chi connectivity index (χ2v) is 6.14. The number of hydrogen-bond donors (Lipinski definition) is 0. The Kier molecular flexibility index (Phi) is 5.09. The van der Waals surface area contributed by atoms with Crippen LogP contribution in [0.1, 0.15) is 32.3 Å². The van der Waals surface area contributed by atoms with Crippen LogP contribution in [-0.2, 0) is 0 Å². The van der Waals surface area contributed by atoms with Crippen LogP contribution in [-0.4, -0.2) is 4.83 Å². The van der Waals surface area contributed by atoms with Gasteiger partial charge in [-0.1, -0.05) is 59.9 Å². The van der Waals surface area contributed by atoms with E-state index in [1.807, 2.05) is 6.92 Å². The standard InChI is InChI=1S/C12H14BrCl2F/c1-6(2)12(13)7(3)8-4-11(16)10(15)5-9(8)14/h4-7,12H,1-3H3. The molecule has 0 aliphatic heterocycles. The molecule has 0 saturated heterocycles. The van der Waals surface area contributed by atoms with Gasteiger partial charge in [0.05, 0.1) is 5.02 Å². The van der Waals surface area contributed by atoms with Crippen molar-refractivity contribution in [3.05, 3.63) is 33.6 Å². The molecule has 0 fully saturated rings. The molecule has 0 saturated carbocycles. The third-order valence-electron chi connectivity index (χ3n) is 2.64. The maximum Gasteiger partial charge on any atom is 0.142 e. The Balaban J connectivity index is 3.08. The number of rotatable bonds is 3. The summed E-state index contributed by atoms with van der Waals surface area (Å²) in [6.45, 7) is 6.24. The van der Waals surface area contributed by atoms with Gasteiger partial charge in [-0.2, -0.15) is 0 Å². The minimum atomic E-state index is -0.420. The molecular weight excluding hydrogens is 314 g/mol. The van der Waals surface area contributed by atoms with Gasteiger partial charge in [0.1, 0.15) is 5.82 Å². The van der Waals surface area contributed by atoms with E-state index in [1.54, 1.807) is 0 Å². The Morgan fingerprint density at radius 2 is 1.69 bits per heavy atom. The van der Waals surface area contributed by atoms with Crippen molar-refractivity contribution in [1.82, 2.24) is 0 Å². The topological polar surface area (TPSA) is 0 Å². The van der Waals surface area contributed by atoms with Crippen molar-refractivity contribution in [2.45, 2.75) is 31.5 Å². The molecule has 0 amide bonds. The van der Waals surface area contributed by atoms with Crippen LogP contribution < -0.4 is 0 Å². The van der Waals surface area contributed by atoms with Gasteiger partial charge in [-0.15, -0.1) is 0 Å². The van der Waals surface area contributed by atoms with Crippen LogP contribution in [0, 0.1) is 11.7 Å². The normalized spacial score (nSPS) is 15.2. The summed E-state index contributed by atoms with van der Waals surface area (Å²) in [5.41, 5.74) is 0.791. The molecule has 0 aliphatic rings. The average Bonchev–Trinajstić information content (AvgIpc) is 2.21. The summed E-state index contributed by atoms with van der Waals surface area (Å²) in [5, 5.41) is 0.584. The SMILES string of the molecule is CC(C)C(Br)C(C)c1cc(F)c(Cl)cc1Cl. The van der Waals surface area contributed by atoms with Gasteiger partial charge in [0, 0.05) is 9.85 Å². The number of halogens is 4. The van der Waals surface area contributed by atoms with Gasteiger partial charge < -0.3 is 0 Å². The number of hydrogen-bond acceptors (Lipinski definition) is 0. The quantitative estimate of drug-likeness (QED) is 0.496. The number of benzene rings is 1. The predicted molar refractivity (Wildman–Crippen MR) is 72.4 cm³/mol. The second kappa shape index (κ2) is 5.70. The molecule has 2 unspecified atom stereocenters. The Hall–Kier alpha value is 0.210. The first-order valence-electron chi connectivity index (χ1n) is 5.13. The Bertz CT molecular complexity index is 380. The van der Waals surface area contributed by atoms with Gasteiger partial charge in [0.2, 0.25) is 0 Å². The molecule has 0 N–H and O–H groups in total. The third kappa shape index (κ3) is 3.12. The highest BCUT2D eigenvalue weighted by Crippen LogP contribution is 2.36. The maximum absolute atomic E-state index is 13.4. The highest BCUT2D eigenvalue weighted by atomic mass is 79.9. The zero-order chi connectivity index (χ0) is 12.5. The van der Waals surface area contributed by atoms with Crippen molar-refractivity contribution in [1.29, 1.82) is 0 Å². The summed E-state index contributed by atoms with van der Waals surface area (Å²) < 4.78 is 13.4.